The molecular weight excluding hydrogens is 326 g/mol. The molecule has 1 heteroatoms. The Balaban J connectivity index is 3.91. The lowest BCUT2D eigenvalue weighted by Gasteiger charge is -2.35. The van der Waals surface area contributed by atoms with Gasteiger partial charge in [-0.05, 0) is 38.0 Å². The molecule has 0 unspecified atom stereocenters. The quantitative estimate of drug-likeness (QED) is 0.137. The zero-order chi connectivity index (χ0) is 20.2. The first kappa shape index (κ1) is 27.0. The van der Waals surface area contributed by atoms with E-state index in [1.54, 1.807) is 0 Å². The third-order valence-electron chi connectivity index (χ3n) is 6.35. The Bertz CT molecular complexity index is 264. The molecule has 0 N–H and O–H groups in total. The Morgan fingerprint density at radius 3 is 1.15 bits per heavy atom. The minimum atomic E-state index is 0.847. The molecule has 0 fully saturated rings. The van der Waals surface area contributed by atoms with Crippen molar-refractivity contribution in [1.29, 1.82) is 0 Å². The van der Waals surface area contributed by atoms with Gasteiger partial charge in [-0.25, -0.2) is 0 Å². The van der Waals surface area contributed by atoms with Gasteiger partial charge in [-0.3, -0.25) is 0 Å². The van der Waals surface area contributed by atoms with E-state index >= 15 is 0 Å². The molecule has 0 rings (SSSR count). The van der Waals surface area contributed by atoms with Crippen LogP contribution in [0.15, 0.2) is 0 Å². The van der Waals surface area contributed by atoms with Gasteiger partial charge >= 0.3 is 0 Å². The monoisotopic (exact) mass is 382 g/mol. The van der Waals surface area contributed by atoms with E-state index in [1.165, 1.54) is 133 Å². The highest BCUT2D eigenvalue weighted by Gasteiger charge is 2.20. The highest BCUT2D eigenvalue weighted by Crippen LogP contribution is 2.16. The largest absolute Gasteiger partial charge is 0.326 e. The summed E-state index contributed by atoms with van der Waals surface area (Å²) in [7, 11) is 2.55. The van der Waals surface area contributed by atoms with Crippen LogP contribution in [-0.2, 0) is 0 Å². The fourth-order valence-corrected chi connectivity index (χ4v) is 4.16. The van der Waals surface area contributed by atoms with Gasteiger partial charge in [-0.15, -0.1) is 0 Å². The van der Waals surface area contributed by atoms with Crippen LogP contribution < -0.4 is 0 Å². The molecule has 0 heterocycles. The van der Waals surface area contributed by atoms with Crippen LogP contribution in [-0.4, -0.2) is 31.2 Å². The molecule has 0 aromatic heterocycles. The van der Waals surface area contributed by atoms with Crippen molar-refractivity contribution in [3.63, 3.8) is 0 Å². The van der Waals surface area contributed by atoms with Crippen LogP contribution in [0.4, 0.5) is 0 Å². The molecule has 0 amide bonds. The summed E-state index contributed by atoms with van der Waals surface area (Å²) in [6.07, 6.45) is 24.5. The molecule has 0 aliphatic heterocycles. The van der Waals surface area contributed by atoms with E-state index < -0.39 is 0 Å². The zero-order valence-corrected chi connectivity index (χ0v) is 20.2. The summed E-state index contributed by atoms with van der Waals surface area (Å²) >= 11 is 0. The van der Waals surface area contributed by atoms with Gasteiger partial charge in [-0.1, -0.05) is 105 Å². The van der Waals surface area contributed by atoms with Crippen molar-refractivity contribution in [2.24, 2.45) is 5.92 Å². The van der Waals surface area contributed by atoms with Gasteiger partial charge in [0, 0.05) is 0 Å². The topological polar surface area (TPSA) is 0 Å². The van der Waals surface area contributed by atoms with Gasteiger partial charge in [0.25, 0.3) is 0 Å². The van der Waals surface area contributed by atoms with Gasteiger partial charge < -0.3 is 4.48 Å². The molecular formula is C26H56N+. The van der Waals surface area contributed by atoms with Crippen LogP contribution in [0.5, 0.6) is 0 Å². The Kier molecular flexibility index (Phi) is 19.3. The van der Waals surface area contributed by atoms with Crippen molar-refractivity contribution < 1.29 is 4.48 Å². The zero-order valence-electron chi connectivity index (χ0n) is 20.2. The first-order valence-corrected chi connectivity index (χ1v) is 12.9. The van der Waals surface area contributed by atoms with Gasteiger partial charge in [0.05, 0.1) is 26.7 Å². The molecule has 0 spiro atoms. The summed E-state index contributed by atoms with van der Waals surface area (Å²) in [5.74, 6) is 0.847. The number of nitrogens with zero attached hydrogens (tertiary/aromatic N) is 1. The van der Waals surface area contributed by atoms with Crippen molar-refractivity contribution in [3.8, 4) is 0 Å². The molecule has 0 bridgehead atoms. The van der Waals surface area contributed by atoms with Gasteiger partial charge in [0.2, 0.25) is 0 Å². The minimum absolute atomic E-state index is 0.847. The summed E-state index contributed by atoms with van der Waals surface area (Å²) in [6, 6.07) is 0. The average molecular weight is 383 g/mol. The molecule has 27 heavy (non-hydrogen) atoms. The summed E-state index contributed by atoms with van der Waals surface area (Å²) in [4.78, 5) is 0. The van der Waals surface area contributed by atoms with E-state index in [0.29, 0.717) is 0 Å². The maximum Gasteiger partial charge on any atom is 0.0787 e. The first-order valence-electron chi connectivity index (χ1n) is 12.9. The van der Waals surface area contributed by atoms with Crippen molar-refractivity contribution in [1.82, 2.24) is 0 Å². The van der Waals surface area contributed by atoms with E-state index in [-0.39, 0.29) is 0 Å². The molecule has 0 saturated carbocycles. The molecule has 1 nitrogen and oxygen atoms in total. The minimum Gasteiger partial charge on any atom is -0.326 e. The van der Waals surface area contributed by atoms with Crippen LogP contribution in [0, 0.1) is 5.92 Å². The SMILES string of the molecule is CCCCCCCCCC[N+](C)(CCCCCCCCCC)CCC(C)C. The molecule has 0 atom stereocenters. The smallest absolute Gasteiger partial charge is 0.0787 e. The predicted octanol–water partition coefficient (Wildman–Crippen LogP) is 8.76. The molecule has 0 saturated heterocycles. The highest BCUT2D eigenvalue weighted by atomic mass is 15.3. The third kappa shape index (κ3) is 19.1. The standard InChI is InChI=1S/C26H56N/c1-6-8-10-12-14-16-18-20-23-27(5,25-22-26(3)4)24-21-19-17-15-13-11-9-7-2/h26H,6-25H2,1-5H3/q+1. The molecule has 0 aromatic carbocycles. The van der Waals surface area contributed by atoms with Crippen LogP contribution >= 0.6 is 0 Å². The molecule has 0 radical (unpaired) electrons. The molecule has 0 aromatic rings. The van der Waals surface area contributed by atoms with E-state index in [4.69, 9.17) is 0 Å². The Hall–Kier alpha value is -0.0400. The Morgan fingerprint density at radius 2 is 0.815 bits per heavy atom. The maximum absolute atomic E-state index is 2.55. The van der Waals surface area contributed by atoms with Crippen LogP contribution in [0.3, 0.4) is 0 Å². The molecule has 0 aliphatic rings. The fourth-order valence-electron chi connectivity index (χ4n) is 4.16. The number of unbranched alkanes of at least 4 members (excludes halogenated alkanes) is 14. The first-order chi connectivity index (χ1) is 13.0. The second kappa shape index (κ2) is 19.3. The highest BCUT2D eigenvalue weighted by molar-refractivity contribution is 4.52. The molecule has 164 valence electrons. The van der Waals surface area contributed by atoms with Crippen LogP contribution in [0.2, 0.25) is 0 Å². The second-order valence-corrected chi connectivity index (χ2v) is 9.92. The summed E-state index contributed by atoms with van der Waals surface area (Å²) in [5.41, 5.74) is 0. The third-order valence-corrected chi connectivity index (χ3v) is 6.35. The summed E-state index contributed by atoms with van der Waals surface area (Å²) in [6.45, 7) is 13.6. The van der Waals surface area contributed by atoms with Crippen molar-refractivity contribution in [2.75, 3.05) is 26.7 Å². The van der Waals surface area contributed by atoms with E-state index in [0.717, 1.165) is 5.92 Å². The summed E-state index contributed by atoms with van der Waals surface area (Å²) < 4.78 is 1.34. The van der Waals surface area contributed by atoms with Gasteiger partial charge in [0.15, 0.2) is 0 Å². The number of rotatable bonds is 21. The normalized spacial score (nSPS) is 12.2. The lowest BCUT2D eigenvalue weighted by Crippen LogP contribution is -2.46. The lowest BCUT2D eigenvalue weighted by atomic mass is 10.1. The summed E-state index contributed by atoms with van der Waals surface area (Å²) in [5, 5.41) is 0. The Labute approximate surface area is 174 Å². The van der Waals surface area contributed by atoms with Gasteiger partial charge in [-0.2, -0.15) is 0 Å². The van der Waals surface area contributed by atoms with Crippen molar-refractivity contribution >= 4 is 0 Å². The predicted molar refractivity (Wildman–Crippen MR) is 125 cm³/mol. The maximum atomic E-state index is 2.55. The van der Waals surface area contributed by atoms with Gasteiger partial charge in [0.1, 0.15) is 0 Å². The second-order valence-electron chi connectivity index (χ2n) is 9.92. The van der Waals surface area contributed by atoms with E-state index in [9.17, 15) is 0 Å². The lowest BCUT2D eigenvalue weighted by molar-refractivity contribution is -0.910. The van der Waals surface area contributed by atoms with Crippen LogP contribution in [0.1, 0.15) is 137 Å². The Morgan fingerprint density at radius 1 is 0.481 bits per heavy atom. The fraction of sp³-hybridized carbons (Fsp3) is 1.00. The average Bonchev–Trinajstić information content (AvgIpc) is 2.64. The number of hydrogen-bond acceptors (Lipinski definition) is 0. The van der Waals surface area contributed by atoms with Crippen LogP contribution in [0.25, 0.3) is 0 Å². The number of quaternary nitrogens is 1. The number of hydrogen-bond donors (Lipinski definition) is 0. The molecule has 0 aliphatic carbocycles. The van der Waals surface area contributed by atoms with Crippen molar-refractivity contribution in [3.05, 3.63) is 0 Å². The van der Waals surface area contributed by atoms with E-state index in [2.05, 4.69) is 34.7 Å². The van der Waals surface area contributed by atoms with E-state index in [1.807, 2.05) is 0 Å². The van der Waals surface area contributed by atoms with Crippen molar-refractivity contribution in [2.45, 2.75) is 137 Å².